The molecule has 6 rings (SSSR count). The normalized spacial score (nSPS) is 36.4. The van der Waals surface area contributed by atoms with Crippen LogP contribution in [0.15, 0.2) is 24.5 Å². The molecule has 5 aliphatic rings. The number of amides is 2. The van der Waals surface area contributed by atoms with Crippen LogP contribution in [0.25, 0.3) is 0 Å². The van der Waals surface area contributed by atoms with E-state index in [9.17, 15) is 4.79 Å². The Balaban J connectivity index is 1.30. The molecule has 1 aromatic heterocycles. The quantitative estimate of drug-likeness (QED) is 0.848. The highest BCUT2D eigenvalue weighted by molar-refractivity contribution is 5.75. The second kappa shape index (κ2) is 7.08. The number of urea groups is 1. The Morgan fingerprint density at radius 1 is 1.11 bits per heavy atom. The summed E-state index contributed by atoms with van der Waals surface area (Å²) in [6.45, 7) is 1.55. The lowest BCUT2D eigenvalue weighted by molar-refractivity contribution is -0.0140. The second-order valence-electron chi connectivity index (χ2n) is 9.51. The molecular formula is C22H31N3O2. The van der Waals surface area contributed by atoms with Crippen LogP contribution in [0.2, 0.25) is 0 Å². The van der Waals surface area contributed by atoms with Gasteiger partial charge in [-0.15, -0.1) is 0 Å². The number of nitrogens with zero attached hydrogens (tertiary/aromatic N) is 1. The highest BCUT2D eigenvalue weighted by Crippen LogP contribution is 2.55. The highest BCUT2D eigenvalue weighted by Gasteiger charge is 2.51. The number of aromatic nitrogens is 1. The Kier molecular flexibility index (Phi) is 4.58. The lowest BCUT2D eigenvalue weighted by Crippen LogP contribution is -2.61. The summed E-state index contributed by atoms with van der Waals surface area (Å²) in [4.78, 5) is 17.4. The molecular weight excluding hydrogens is 338 g/mol. The summed E-state index contributed by atoms with van der Waals surface area (Å²) in [5.74, 6) is 2.91. The number of rotatable bonds is 4. The van der Waals surface area contributed by atoms with Crippen LogP contribution in [0.5, 0.6) is 0 Å². The predicted molar refractivity (Wildman–Crippen MR) is 103 cm³/mol. The van der Waals surface area contributed by atoms with Crippen LogP contribution in [-0.4, -0.2) is 29.8 Å². The summed E-state index contributed by atoms with van der Waals surface area (Å²) < 4.78 is 5.54. The van der Waals surface area contributed by atoms with E-state index >= 15 is 0 Å². The van der Waals surface area contributed by atoms with Gasteiger partial charge in [0.15, 0.2) is 0 Å². The fraction of sp³-hybridized carbons (Fsp3) is 0.727. The van der Waals surface area contributed by atoms with E-state index in [4.69, 9.17) is 4.74 Å². The van der Waals surface area contributed by atoms with Crippen molar-refractivity contribution in [1.29, 1.82) is 0 Å². The molecule has 4 aliphatic carbocycles. The van der Waals surface area contributed by atoms with Crippen molar-refractivity contribution in [3.63, 3.8) is 0 Å². The molecule has 5 fully saturated rings. The van der Waals surface area contributed by atoms with E-state index in [0.29, 0.717) is 5.92 Å². The van der Waals surface area contributed by atoms with E-state index < -0.39 is 0 Å². The minimum atomic E-state index is 0.0107. The topological polar surface area (TPSA) is 63.2 Å². The first-order valence-electron chi connectivity index (χ1n) is 10.8. The lowest BCUT2D eigenvalue weighted by atomic mass is 9.53. The summed E-state index contributed by atoms with van der Waals surface area (Å²) in [5, 5.41) is 6.79. The van der Waals surface area contributed by atoms with Crippen molar-refractivity contribution in [2.45, 2.75) is 62.9 Å². The number of pyridine rings is 1. The second-order valence-corrected chi connectivity index (χ2v) is 9.51. The average molecular weight is 370 g/mol. The molecule has 0 aromatic carbocycles. The van der Waals surface area contributed by atoms with Gasteiger partial charge in [-0.1, -0.05) is 6.07 Å². The molecule has 4 bridgehead atoms. The molecule has 2 N–H and O–H groups in total. The fourth-order valence-corrected chi connectivity index (χ4v) is 6.76. The third kappa shape index (κ3) is 3.58. The van der Waals surface area contributed by atoms with Gasteiger partial charge in [-0.2, -0.15) is 0 Å². The Labute approximate surface area is 161 Å². The molecule has 1 atom stereocenters. The number of carbonyl (C=O) groups excluding carboxylic acids is 1. The van der Waals surface area contributed by atoms with Crippen LogP contribution in [0, 0.1) is 23.7 Å². The molecule has 4 saturated carbocycles. The lowest BCUT2D eigenvalue weighted by Gasteiger charge is -2.56. The first-order valence-corrected chi connectivity index (χ1v) is 10.8. The van der Waals surface area contributed by atoms with Gasteiger partial charge in [0.1, 0.15) is 0 Å². The molecule has 0 unspecified atom stereocenters. The predicted octanol–water partition coefficient (Wildman–Crippen LogP) is 3.82. The summed E-state index contributed by atoms with van der Waals surface area (Å²) >= 11 is 0. The summed E-state index contributed by atoms with van der Waals surface area (Å²) in [6, 6.07) is 4.06. The summed E-state index contributed by atoms with van der Waals surface area (Å²) in [7, 11) is 0. The minimum absolute atomic E-state index is 0.0107. The molecule has 146 valence electrons. The first-order chi connectivity index (χ1) is 13.2. The van der Waals surface area contributed by atoms with Gasteiger partial charge < -0.3 is 15.4 Å². The van der Waals surface area contributed by atoms with Gasteiger partial charge in [-0.05, 0) is 86.7 Å². The number of hydrogen-bond donors (Lipinski definition) is 2. The Morgan fingerprint density at radius 3 is 2.37 bits per heavy atom. The number of carbonyl (C=O) groups is 1. The largest absolute Gasteiger partial charge is 0.381 e. The molecule has 1 aromatic rings. The van der Waals surface area contributed by atoms with Crippen molar-refractivity contribution in [2.24, 2.45) is 23.7 Å². The number of ether oxygens (including phenoxy) is 1. The van der Waals surface area contributed by atoms with Crippen LogP contribution in [0.3, 0.4) is 0 Å². The third-order valence-electron chi connectivity index (χ3n) is 7.48. The van der Waals surface area contributed by atoms with Crippen molar-refractivity contribution in [1.82, 2.24) is 15.6 Å². The maximum Gasteiger partial charge on any atom is 0.315 e. The summed E-state index contributed by atoms with van der Waals surface area (Å²) in [5.41, 5.74) is 1.15. The fourth-order valence-electron chi connectivity index (χ4n) is 6.76. The van der Waals surface area contributed by atoms with E-state index in [1.807, 2.05) is 12.3 Å². The van der Waals surface area contributed by atoms with Crippen molar-refractivity contribution < 1.29 is 9.53 Å². The standard InChI is InChI=1S/C22H31N3O2/c26-21(25-22-11-15-8-16(12-22)10-17(9-15)13-22)24-20(18-3-6-27-7-4-18)19-2-1-5-23-14-19/h1-2,5,14-18,20H,3-4,6-13H2,(H2,24,25,26)/t15?,16?,17?,20-,22?/m0/s1. The van der Waals surface area contributed by atoms with Gasteiger partial charge in [0.25, 0.3) is 0 Å². The van der Waals surface area contributed by atoms with Crippen molar-refractivity contribution >= 4 is 6.03 Å². The number of nitrogens with one attached hydrogen (secondary N) is 2. The summed E-state index contributed by atoms with van der Waals surface area (Å²) in [6.07, 6.45) is 13.4. The van der Waals surface area contributed by atoms with Crippen molar-refractivity contribution in [3.05, 3.63) is 30.1 Å². The van der Waals surface area contributed by atoms with Gasteiger partial charge in [0.2, 0.25) is 0 Å². The zero-order chi connectivity index (χ0) is 18.3. The molecule has 0 radical (unpaired) electrons. The Bertz CT molecular complexity index is 636. The van der Waals surface area contributed by atoms with E-state index in [2.05, 4.69) is 21.7 Å². The van der Waals surface area contributed by atoms with E-state index in [1.165, 1.54) is 38.5 Å². The van der Waals surface area contributed by atoms with Crippen molar-refractivity contribution in [3.8, 4) is 0 Å². The van der Waals surface area contributed by atoms with Crippen LogP contribution >= 0.6 is 0 Å². The zero-order valence-electron chi connectivity index (χ0n) is 16.0. The zero-order valence-corrected chi connectivity index (χ0v) is 16.0. The van der Waals surface area contributed by atoms with Crippen LogP contribution in [-0.2, 0) is 4.74 Å². The molecule has 0 spiro atoms. The van der Waals surface area contributed by atoms with Crippen LogP contribution < -0.4 is 10.6 Å². The highest BCUT2D eigenvalue weighted by atomic mass is 16.5. The maximum absolute atomic E-state index is 13.1. The smallest absolute Gasteiger partial charge is 0.315 e. The Hall–Kier alpha value is -1.62. The molecule has 2 heterocycles. The average Bonchev–Trinajstić information content (AvgIpc) is 2.66. The third-order valence-corrected chi connectivity index (χ3v) is 7.48. The SMILES string of the molecule is O=C(N[C@H](c1cccnc1)C1CCOCC1)NC12CC3CC(CC(C3)C1)C2. The van der Waals surface area contributed by atoms with Gasteiger partial charge in [0.05, 0.1) is 6.04 Å². The molecule has 1 aliphatic heterocycles. The molecule has 2 amide bonds. The molecule has 27 heavy (non-hydrogen) atoms. The van der Waals surface area contributed by atoms with Crippen LogP contribution in [0.1, 0.15) is 63.0 Å². The van der Waals surface area contributed by atoms with Crippen LogP contribution in [0.4, 0.5) is 4.79 Å². The molecule has 1 saturated heterocycles. The molecule has 5 nitrogen and oxygen atoms in total. The van der Waals surface area contributed by atoms with E-state index in [-0.39, 0.29) is 17.6 Å². The Morgan fingerprint density at radius 2 is 1.78 bits per heavy atom. The van der Waals surface area contributed by atoms with Crippen molar-refractivity contribution in [2.75, 3.05) is 13.2 Å². The monoisotopic (exact) mass is 369 g/mol. The number of hydrogen-bond acceptors (Lipinski definition) is 3. The first kappa shape index (κ1) is 17.5. The van der Waals surface area contributed by atoms with Gasteiger partial charge in [-0.3, -0.25) is 4.98 Å². The van der Waals surface area contributed by atoms with E-state index in [1.54, 1.807) is 6.20 Å². The molecule has 5 heteroatoms. The van der Waals surface area contributed by atoms with Gasteiger partial charge in [0, 0.05) is 31.1 Å². The van der Waals surface area contributed by atoms with Gasteiger partial charge in [-0.25, -0.2) is 4.79 Å². The van der Waals surface area contributed by atoms with Gasteiger partial charge >= 0.3 is 6.03 Å². The maximum atomic E-state index is 13.1. The van der Waals surface area contributed by atoms with E-state index in [0.717, 1.165) is 49.4 Å². The minimum Gasteiger partial charge on any atom is -0.381 e.